The quantitative estimate of drug-likeness (QED) is 0.617. The topological polar surface area (TPSA) is 71.1 Å². The smallest absolute Gasteiger partial charge is 0.257 e. The van der Waals surface area contributed by atoms with Crippen molar-refractivity contribution in [3.63, 3.8) is 0 Å². The standard InChI is InChI=1S/C24H30ClN3O4/c1-27(2)22-11-10-18(26-24(30)20-8-4-5-9-21(20)25)13-17(22)14-28(23(29)16-31-3)15-19-7-6-12-32-19/h4-5,8-11,13,19H,6-7,12,14-16H2,1-3H3,(H,26,30)/t19-/m0/s1. The van der Waals surface area contributed by atoms with Crippen LogP contribution in [0, 0.1) is 0 Å². The van der Waals surface area contributed by atoms with E-state index in [0.29, 0.717) is 29.4 Å². The Bertz CT molecular complexity index is 945. The summed E-state index contributed by atoms with van der Waals surface area (Å²) < 4.78 is 10.8. The van der Waals surface area contributed by atoms with E-state index in [0.717, 1.165) is 30.7 Å². The number of ether oxygens (including phenoxy) is 2. The maximum Gasteiger partial charge on any atom is 0.257 e. The third-order valence-corrected chi connectivity index (χ3v) is 5.70. The van der Waals surface area contributed by atoms with Crippen LogP contribution in [0.1, 0.15) is 28.8 Å². The van der Waals surface area contributed by atoms with E-state index in [1.54, 1.807) is 29.2 Å². The van der Waals surface area contributed by atoms with Gasteiger partial charge in [0.15, 0.2) is 0 Å². The second-order valence-corrected chi connectivity index (χ2v) is 8.42. The maximum atomic E-state index is 12.7. The predicted octanol–water partition coefficient (Wildman–Crippen LogP) is 3.81. The van der Waals surface area contributed by atoms with Gasteiger partial charge in [0.2, 0.25) is 5.91 Å². The molecule has 0 unspecified atom stereocenters. The zero-order chi connectivity index (χ0) is 23.1. The fourth-order valence-corrected chi connectivity index (χ4v) is 4.00. The number of hydrogen-bond acceptors (Lipinski definition) is 5. The lowest BCUT2D eigenvalue weighted by Crippen LogP contribution is -2.39. The van der Waals surface area contributed by atoms with Crippen LogP contribution in [0.2, 0.25) is 5.02 Å². The molecule has 0 aliphatic carbocycles. The largest absolute Gasteiger partial charge is 0.377 e. The molecule has 1 aliphatic heterocycles. The molecule has 1 heterocycles. The molecule has 32 heavy (non-hydrogen) atoms. The Morgan fingerprint density at radius 2 is 2.00 bits per heavy atom. The third-order valence-electron chi connectivity index (χ3n) is 5.37. The summed E-state index contributed by atoms with van der Waals surface area (Å²) in [6.45, 7) is 1.62. The molecule has 1 N–H and O–H groups in total. The lowest BCUT2D eigenvalue weighted by molar-refractivity contribution is -0.137. The van der Waals surface area contributed by atoms with Gasteiger partial charge in [0.05, 0.1) is 16.7 Å². The minimum Gasteiger partial charge on any atom is -0.377 e. The van der Waals surface area contributed by atoms with Crippen LogP contribution < -0.4 is 10.2 Å². The van der Waals surface area contributed by atoms with Gasteiger partial charge >= 0.3 is 0 Å². The number of nitrogens with zero attached hydrogens (tertiary/aromatic N) is 2. The highest BCUT2D eigenvalue weighted by Crippen LogP contribution is 2.26. The van der Waals surface area contributed by atoms with E-state index < -0.39 is 0 Å². The van der Waals surface area contributed by atoms with Crippen molar-refractivity contribution in [3.8, 4) is 0 Å². The van der Waals surface area contributed by atoms with Gasteiger partial charge in [-0.15, -0.1) is 0 Å². The number of amides is 2. The van der Waals surface area contributed by atoms with E-state index in [9.17, 15) is 9.59 Å². The molecule has 2 amide bonds. The predicted molar refractivity (Wildman–Crippen MR) is 126 cm³/mol. The van der Waals surface area contributed by atoms with Gasteiger partial charge in [-0.1, -0.05) is 23.7 Å². The van der Waals surface area contributed by atoms with Gasteiger partial charge in [-0.25, -0.2) is 0 Å². The molecule has 2 aromatic carbocycles. The van der Waals surface area contributed by atoms with Crippen molar-refractivity contribution in [2.24, 2.45) is 0 Å². The summed E-state index contributed by atoms with van der Waals surface area (Å²) in [5.74, 6) is -0.385. The van der Waals surface area contributed by atoms with Gasteiger partial charge in [0.1, 0.15) is 6.61 Å². The van der Waals surface area contributed by atoms with E-state index in [4.69, 9.17) is 21.1 Å². The summed E-state index contributed by atoms with van der Waals surface area (Å²) in [6.07, 6.45) is 1.97. The van der Waals surface area contributed by atoms with Gasteiger partial charge in [-0.3, -0.25) is 9.59 Å². The molecule has 1 fully saturated rings. The SMILES string of the molecule is COCC(=O)N(Cc1cc(NC(=O)c2ccccc2Cl)ccc1N(C)C)C[C@@H]1CCCO1. The monoisotopic (exact) mass is 459 g/mol. The van der Waals surface area contributed by atoms with E-state index in [1.165, 1.54) is 7.11 Å². The molecule has 0 saturated carbocycles. The van der Waals surface area contributed by atoms with Crippen molar-refractivity contribution >= 4 is 34.8 Å². The van der Waals surface area contributed by atoms with Gasteiger partial charge < -0.3 is 24.6 Å². The Hall–Kier alpha value is -2.61. The molecule has 8 heteroatoms. The normalized spacial score (nSPS) is 15.4. The van der Waals surface area contributed by atoms with E-state index in [1.807, 2.05) is 37.2 Å². The van der Waals surface area contributed by atoms with Gasteiger partial charge in [-0.05, 0) is 48.7 Å². The summed E-state index contributed by atoms with van der Waals surface area (Å²) in [6, 6.07) is 12.6. The second kappa shape index (κ2) is 11.3. The van der Waals surface area contributed by atoms with E-state index >= 15 is 0 Å². The fourth-order valence-electron chi connectivity index (χ4n) is 3.78. The number of hydrogen-bond donors (Lipinski definition) is 1. The minimum atomic E-state index is -0.286. The van der Waals surface area contributed by atoms with E-state index in [-0.39, 0.29) is 24.5 Å². The molecular weight excluding hydrogens is 430 g/mol. The van der Waals surface area contributed by atoms with Crippen LogP contribution in [0.3, 0.4) is 0 Å². The van der Waals surface area contributed by atoms with Crippen molar-refractivity contribution < 1.29 is 19.1 Å². The first-order valence-corrected chi connectivity index (χ1v) is 11.0. The Kier molecular flexibility index (Phi) is 8.50. The summed E-state index contributed by atoms with van der Waals surface area (Å²) in [7, 11) is 5.41. The van der Waals surface area contributed by atoms with Crippen molar-refractivity contribution in [2.75, 3.05) is 51.2 Å². The molecule has 1 atom stereocenters. The first-order valence-electron chi connectivity index (χ1n) is 10.6. The molecule has 3 rings (SSSR count). The van der Waals surface area contributed by atoms with Crippen LogP contribution in [0.25, 0.3) is 0 Å². The van der Waals surface area contributed by atoms with Crippen LogP contribution >= 0.6 is 11.6 Å². The highest BCUT2D eigenvalue weighted by atomic mass is 35.5. The molecule has 0 aromatic heterocycles. The number of halogens is 1. The van der Waals surface area contributed by atoms with Crippen LogP contribution in [0.15, 0.2) is 42.5 Å². The number of rotatable bonds is 9. The molecule has 1 aliphatic rings. The van der Waals surface area contributed by atoms with Crippen molar-refractivity contribution in [3.05, 3.63) is 58.6 Å². The Morgan fingerprint density at radius 3 is 2.66 bits per heavy atom. The van der Waals surface area contributed by atoms with Gasteiger partial charge in [-0.2, -0.15) is 0 Å². The average Bonchev–Trinajstić information content (AvgIpc) is 3.27. The Balaban J connectivity index is 1.84. The van der Waals surface area contributed by atoms with Gasteiger partial charge in [0, 0.05) is 52.3 Å². The fraction of sp³-hybridized carbons (Fsp3) is 0.417. The summed E-state index contributed by atoms with van der Waals surface area (Å²) in [5.41, 5.74) is 2.91. The van der Waals surface area contributed by atoms with Crippen molar-refractivity contribution in [1.82, 2.24) is 4.90 Å². The maximum absolute atomic E-state index is 12.7. The average molecular weight is 460 g/mol. The van der Waals surface area contributed by atoms with Crippen molar-refractivity contribution in [1.29, 1.82) is 0 Å². The van der Waals surface area contributed by atoms with Crippen LogP contribution in [0.4, 0.5) is 11.4 Å². The molecule has 0 radical (unpaired) electrons. The first kappa shape index (κ1) is 24.0. The molecular formula is C24H30ClN3O4. The molecule has 0 spiro atoms. The number of carbonyl (C=O) groups is 2. The highest BCUT2D eigenvalue weighted by molar-refractivity contribution is 6.34. The zero-order valence-electron chi connectivity index (χ0n) is 18.8. The highest BCUT2D eigenvalue weighted by Gasteiger charge is 2.24. The number of carbonyl (C=O) groups excluding carboxylic acids is 2. The Morgan fingerprint density at radius 1 is 1.22 bits per heavy atom. The number of anilines is 2. The lowest BCUT2D eigenvalue weighted by Gasteiger charge is -2.28. The third kappa shape index (κ3) is 6.22. The Labute approximate surface area is 194 Å². The van der Waals surface area contributed by atoms with E-state index in [2.05, 4.69) is 5.32 Å². The van der Waals surface area contributed by atoms with Crippen LogP contribution in [-0.2, 0) is 20.8 Å². The molecule has 2 aromatic rings. The molecule has 0 bridgehead atoms. The minimum absolute atomic E-state index is 0.00690. The van der Waals surface area contributed by atoms with Crippen LogP contribution in [-0.4, -0.2) is 63.8 Å². The molecule has 172 valence electrons. The lowest BCUT2D eigenvalue weighted by atomic mass is 10.1. The number of benzene rings is 2. The molecule has 7 nitrogen and oxygen atoms in total. The van der Waals surface area contributed by atoms with Gasteiger partial charge in [0.25, 0.3) is 5.91 Å². The molecule has 1 saturated heterocycles. The second-order valence-electron chi connectivity index (χ2n) is 8.01. The van der Waals surface area contributed by atoms with Crippen molar-refractivity contribution in [2.45, 2.75) is 25.5 Å². The van der Waals surface area contributed by atoms with Crippen LogP contribution in [0.5, 0.6) is 0 Å². The number of methoxy groups -OCH3 is 1. The summed E-state index contributed by atoms with van der Waals surface area (Å²) in [5, 5.41) is 3.30. The number of nitrogens with one attached hydrogen (secondary N) is 1. The first-order chi connectivity index (χ1) is 15.4. The summed E-state index contributed by atoms with van der Waals surface area (Å²) in [4.78, 5) is 29.2. The summed E-state index contributed by atoms with van der Waals surface area (Å²) >= 11 is 6.16. The zero-order valence-corrected chi connectivity index (χ0v) is 19.5.